The third-order valence-corrected chi connectivity index (χ3v) is 6.08. The molecule has 6 heteroatoms. The van der Waals surface area contributed by atoms with Crippen molar-refractivity contribution in [1.82, 2.24) is 14.0 Å². The average Bonchev–Trinajstić information content (AvgIpc) is 3.27. The Balaban J connectivity index is 1.65. The lowest BCUT2D eigenvalue weighted by molar-refractivity contribution is 0.292. The first-order chi connectivity index (χ1) is 12.2. The van der Waals surface area contributed by atoms with Gasteiger partial charge in [0, 0.05) is 47.7 Å². The summed E-state index contributed by atoms with van der Waals surface area (Å²) in [4.78, 5) is 6.91. The van der Waals surface area contributed by atoms with E-state index in [1.807, 2.05) is 6.20 Å². The molecule has 1 aromatic heterocycles. The molecular weight excluding hydrogens is 352 g/mol. The number of likely N-dealkylation sites (N-methyl/N-ethyl adjacent to an activating group) is 1. The SMILES string of the molecule is CCN(CC)CCn1ccc2cc([N+]34C=CSC3=NC(Cl)=C4)ccc21. The molecule has 0 amide bonds. The number of nitrogens with zero attached hydrogens (tertiary/aromatic N) is 4. The van der Waals surface area contributed by atoms with Gasteiger partial charge in [-0.05, 0) is 37.0 Å². The van der Waals surface area contributed by atoms with Crippen LogP contribution in [0.5, 0.6) is 0 Å². The molecule has 0 saturated carbocycles. The van der Waals surface area contributed by atoms with Crippen molar-refractivity contribution < 1.29 is 0 Å². The number of rotatable bonds is 6. The van der Waals surface area contributed by atoms with E-state index in [-0.39, 0.29) is 0 Å². The molecular formula is C19H22ClN4S+. The second kappa shape index (κ2) is 6.65. The van der Waals surface area contributed by atoms with Crippen molar-refractivity contribution in [1.29, 1.82) is 0 Å². The molecule has 4 nitrogen and oxygen atoms in total. The molecule has 3 heterocycles. The fourth-order valence-corrected chi connectivity index (χ4v) is 4.71. The van der Waals surface area contributed by atoms with Gasteiger partial charge >= 0.3 is 0 Å². The monoisotopic (exact) mass is 373 g/mol. The molecule has 0 fully saturated rings. The fraction of sp³-hybridized carbons (Fsp3) is 0.316. The van der Waals surface area contributed by atoms with Crippen LogP contribution in [-0.4, -0.2) is 34.3 Å². The van der Waals surface area contributed by atoms with Gasteiger partial charge in [-0.1, -0.05) is 25.4 Å². The van der Waals surface area contributed by atoms with Crippen LogP contribution in [-0.2, 0) is 6.54 Å². The maximum absolute atomic E-state index is 6.18. The van der Waals surface area contributed by atoms with Crippen LogP contribution in [0.4, 0.5) is 5.69 Å². The highest BCUT2D eigenvalue weighted by molar-refractivity contribution is 8.16. The molecule has 0 radical (unpaired) electrons. The Kier molecular flexibility index (Phi) is 4.50. The van der Waals surface area contributed by atoms with Crippen molar-refractivity contribution >= 4 is 45.1 Å². The summed E-state index contributed by atoms with van der Waals surface area (Å²) in [6.07, 6.45) is 6.32. The normalized spacial score (nSPS) is 21.9. The zero-order valence-electron chi connectivity index (χ0n) is 14.5. The summed E-state index contributed by atoms with van der Waals surface area (Å²) in [5.41, 5.74) is 2.45. The molecule has 1 unspecified atom stereocenters. The number of hydrogen-bond donors (Lipinski definition) is 0. The number of amidine groups is 1. The molecule has 2 aliphatic rings. The fourth-order valence-electron chi connectivity index (χ4n) is 3.51. The molecule has 130 valence electrons. The molecule has 2 aromatic rings. The summed E-state index contributed by atoms with van der Waals surface area (Å²) < 4.78 is 2.85. The van der Waals surface area contributed by atoms with E-state index in [1.165, 1.54) is 16.6 Å². The summed E-state index contributed by atoms with van der Waals surface area (Å²) in [6.45, 7) is 8.71. The van der Waals surface area contributed by atoms with E-state index >= 15 is 0 Å². The predicted molar refractivity (Wildman–Crippen MR) is 110 cm³/mol. The number of thioether (sulfide) groups is 1. The topological polar surface area (TPSA) is 20.5 Å². The van der Waals surface area contributed by atoms with Crippen LogP contribution in [0.15, 0.2) is 58.4 Å². The van der Waals surface area contributed by atoms with E-state index in [1.54, 1.807) is 11.8 Å². The highest BCUT2D eigenvalue weighted by Crippen LogP contribution is 2.42. The standard InChI is InChI=1S/C19H22ClN4S/c1-3-22(4-2)9-10-23-8-7-15-13-16(5-6-17(15)23)24-11-12-25-19(24)21-18(20)14-24/h5-8,11-14H,3-4,9-10H2,1-2H3/q+1. The Morgan fingerprint density at radius 2 is 2.08 bits per heavy atom. The van der Waals surface area contributed by atoms with Crippen LogP contribution in [0.25, 0.3) is 10.9 Å². The van der Waals surface area contributed by atoms with E-state index in [2.05, 4.69) is 70.4 Å². The number of fused-ring (bicyclic) bond motifs is 2. The van der Waals surface area contributed by atoms with E-state index in [0.717, 1.165) is 31.3 Å². The maximum Gasteiger partial charge on any atom is 0.284 e. The second-order valence-corrected chi connectivity index (χ2v) is 7.57. The summed E-state index contributed by atoms with van der Waals surface area (Å²) >= 11 is 7.81. The first-order valence-electron chi connectivity index (χ1n) is 8.68. The van der Waals surface area contributed by atoms with Crippen LogP contribution in [0.2, 0.25) is 0 Å². The second-order valence-electron chi connectivity index (χ2n) is 6.31. The van der Waals surface area contributed by atoms with E-state index < -0.39 is 0 Å². The predicted octanol–water partition coefficient (Wildman–Crippen LogP) is 4.92. The minimum absolute atomic E-state index is 0.504. The number of halogens is 1. The van der Waals surface area contributed by atoms with Crippen molar-refractivity contribution in [3.8, 4) is 0 Å². The third kappa shape index (κ3) is 2.85. The lowest BCUT2D eigenvalue weighted by Gasteiger charge is -2.22. The highest BCUT2D eigenvalue weighted by Gasteiger charge is 2.42. The van der Waals surface area contributed by atoms with E-state index in [9.17, 15) is 0 Å². The highest BCUT2D eigenvalue weighted by atomic mass is 35.5. The van der Waals surface area contributed by atoms with E-state index in [0.29, 0.717) is 9.64 Å². The Labute approximate surface area is 157 Å². The Hall–Kier alpha value is -1.53. The number of benzene rings is 1. The summed E-state index contributed by atoms with van der Waals surface area (Å²) in [5, 5.41) is 4.89. The Morgan fingerprint density at radius 1 is 1.24 bits per heavy atom. The molecule has 0 aliphatic carbocycles. The van der Waals surface area contributed by atoms with Crippen LogP contribution < -0.4 is 4.48 Å². The first kappa shape index (κ1) is 16.9. The van der Waals surface area contributed by atoms with Crippen molar-refractivity contribution in [2.45, 2.75) is 20.4 Å². The molecule has 2 aliphatic heterocycles. The van der Waals surface area contributed by atoms with Gasteiger partial charge in [-0.2, -0.15) is 9.48 Å². The van der Waals surface area contributed by atoms with Gasteiger partial charge in [0.1, 0.15) is 11.9 Å². The minimum Gasteiger partial charge on any atom is -0.346 e. The largest absolute Gasteiger partial charge is 0.346 e. The third-order valence-electron chi connectivity index (χ3n) is 5.03. The van der Waals surface area contributed by atoms with E-state index in [4.69, 9.17) is 11.6 Å². The van der Waals surface area contributed by atoms with Crippen molar-refractivity contribution in [3.63, 3.8) is 0 Å². The van der Waals surface area contributed by atoms with Gasteiger partial charge in [-0.3, -0.25) is 0 Å². The number of aromatic nitrogens is 1. The van der Waals surface area contributed by atoms with Crippen LogP contribution >= 0.6 is 23.4 Å². The quantitative estimate of drug-likeness (QED) is 0.529. The summed E-state index contributed by atoms with van der Waals surface area (Å²) in [5.74, 6) is 0. The van der Waals surface area contributed by atoms with Crippen molar-refractivity contribution in [3.05, 3.63) is 53.4 Å². The van der Waals surface area contributed by atoms with Crippen molar-refractivity contribution in [2.75, 3.05) is 19.6 Å². The maximum atomic E-state index is 6.18. The average molecular weight is 374 g/mol. The Morgan fingerprint density at radius 3 is 2.88 bits per heavy atom. The Bertz CT molecular complexity index is 894. The zero-order chi connectivity index (χ0) is 17.4. The van der Waals surface area contributed by atoms with Gasteiger partial charge < -0.3 is 9.47 Å². The summed E-state index contributed by atoms with van der Waals surface area (Å²) in [7, 11) is 0. The van der Waals surface area contributed by atoms with Crippen LogP contribution in [0, 0.1) is 0 Å². The molecule has 0 bridgehead atoms. The molecule has 4 rings (SSSR count). The smallest absolute Gasteiger partial charge is 0.284 e. The van der Waals surface area contributed by atoms with Gasteiger partial charge in [0.2, 0.25) is 0 Å². The van der Waals surface area contributed by atoms with Gasteiger partial charge in [0.15, 0.2) is 11.4 Å². The molecule has 1 atom stereocenters. The molecule has 0 spiro atoms. The lowest BCUT2D eigenvalue weighted by atomic mass is 10.2. The first-order valence-corrected chi connectivity index (χ1v) is 9.94. The lowest BCUT2D eigenvalue weighted by Crippen LogP contribution is -2.37. The van der Waals surface area contributed by atoms with Gasteiger partial charge in [-0.15, -0.1) is 0 Å². The van der Waals surface area contributed by atoms with Crippen LogP contribution in [0.1, 0.15) is 13.8 Å². The van der Waals surface area contributed by atoms with Crippen LogP contribution in [0.3, 0.4) is 0 Å². The number of aliphatic imine (C=N–C) groups is 1. The number of quaternary nitrogens is 1. The number of hydrogen-bond acceptors (Lipinski definition) is 3. The molecule has 1 aromatic carbocycles. The van der Waals surface area contributed by atoms with Gasteiger partial charge in [0.25, 0.3) is 5.17 Å². The summed E-state index contributed by atoms with van der Waals surface area (Å²) in [6, 6.07) is 8.86. The van der Waals surface area contributed by atoms with Crippen molar-refractivity contribution in [2.24, 2.45) is 4.99 Å². The van der Waals surface area contributed by atoms with Gasteiger partial charge in [0.05, 0.1) is 0 Å². The molecule has 0 saturated heterocycles. The molecule has 25 heavy (non-hydrogen) atoms. The van der Waals surface area contributed by atoms with Gasteiger partial charge in [-0.25, -0.2) is 0 Å². The molecule has 0 N–H and O–H groups in total. The zero-order valence-corrected chi connectivity index (χ0v) is 16.1. The minimum atomic E-state index is 0.504.